The Morgan fingerprint density at radius 3 is 2.93 bits per heavy atom. The van der Waals surface area contributed by atoms with Crippen molar-refractivity contribution in [3.05, 3.63) is 58.1 Å². The lowest BCUT2D eigenvalue weighted by Crippen LogP contribution is -2.27. The Kier molecular flexibility index (Phi) is 5.03. The summed E-state index contributed by atoms with van der Waals surface area (Å²) in [6, 6.07) is 9.47. The quantitative estimate of drug-likeness (QED) is 0.725. The van der Waals surface area contributed by atoms with Crippen LogP contribution in [0.15, 0.2) is 47.5 Å². The van der Waals surface area contributed by atoms with Gasteiger partial charge in [-0.15, -0.1) is 10.2 Å². The van der Waals surface area contributed by atoms with Crippen LogP contribution in [0.1, 0.15) is 24.0 Å². The average molecular weight is 383 g/mol. The zero-order chi connectivity index (χ0) is 18.6. The van der Waals surface area contributed by atoms with E-state index in [1.165, 1.54) is 22.1 Å². The molecule has 0 aliphatic carbocycles. The van der Waals surface area contributed by atoms with Crippen molar-refractivity contribution in [3.8, 4) is 11.3 Å². The maximum atomic E-state index is 12.3. The number of rotatable bonds is 5. The molecule has 1 N–H and O–H groups in total. The molecule has 0 radical (unpaired) electrons. The van der Waals surface area contributed by atoms with Gasteiger partial charge in [0.1, 0.15) is 17.7 Å². The first kappa shape index (κ1) is 17.5. The van der Waals surface area contributed by atoms with E-state index in [0.717, 1.165) is 30.0 Å². The van der Waals surface area contributed by atoms with Gasteiger partial charge in [0.25, 0.3) is 5.56 Å². The third-order valence-corrected chi connectivity index (χ3v) is 5.08. The Morgan fingerprint density at radius 2 is 2.15 bits per heavy atom. The lowest BCUT2D eigenvalue weighted by Gasteiger charge is -2.07. The second-order valence-corrected chi connectivity index (χ2v) is 7.11. The predicted octanol–water partition coefficient (Wildman–Crippen LogP) is 2.25. The summed E-state index contributed by atoms with van der Waals surface area (Å²) in [7, 11) is 0. The largest absolute Gasteiger partial charge is 0.371 e. The lowest BCUT2D eigenvalue weighted by atomic mass is 10.2. The molecule has 8 nitrogen and oxygen atoms in total. The van der Waals surface area contributed by atoms with Crippen LogP contribution in [0.2, 0.25) is 0 Å². The number of carbonyl (C=O) groups is 1. The van der Waals surface area contributed by atoms with Gasteiger partial charge in [0, 0.05) is 18.4 Å². The van der Waals surface area contributed by atoms with Gasteiger partial charge in [0.05, 0.1) is 11.9 Å². The molecule has 138 valence electrons. The number of benzene rings is 1. The summed E-state index contributed by atoms with van der Waals surface area (Å²) < 4.78 is 6.89. The van der Waals surface area contributed by atoms with Crippen LogP contribution in [0.25, 0.3) is 11.3 Å². The average Bonchev–Trinajstić information content (AvgIpc) is 3.36. The first-order chi connectivity index (χ1) is 13.2. The molecule has 0 saturated carbocycles. The second kappa shape index (κ2) is 7.77. The van der Waals surface area contributed by atoms with E-state index in [0.29, 0.717) is 10.8 Å². The standard InChI is InChI=1S/C18H17N5O3S/c24-15(20-18-22-21-17(27-18)14-7-4-8-26-14)11-23-10-13(19-9-16(23)25)12-5-2-1-3-6-12/h1-3,5-6,9-10,14H,4,7-8,11H2,(H,20,22,24). The maximum absolute atomic E-state index is 12.3. The number of anilines is 1. The fourth-order valence-corrected chi connectivity index (χ4v) is 3.67. The van der Waals surface area contributed by atoms with Crippen molar-refractivity contribution in [1.82, 2.24) is 19.7 Å². The molecule has 2 aromatic heterocycles. The summed E-state index contributed by atoms with van der Waals surface area (Å²) in [5, 5.41) is 11.9. The highest BCUT2D eigenvalue weighted by molar-refractivity contribution is 7.15. The molecule has 1 fully saturated rings. The van der Waals surface area contributed by atoms with E-state index in [1.807, 2.05) is 30.3 Å². The molecule has 3 heterocycles. The summed E-state index contributed by atoms with van der Waals surface area (Å²) in [5.41, 5.74) is 1.15. The van der Waals surface area contributed by atoms with Crippen molar-refractivity contribution in [2.45, 2.75) is 25.5 Å². The van der Waals surface area contributed by atoms with Crippen molar-refractivity contribution in [3.63, 3.8) is 0 Å². The fourth-order valence-electron chi connectivity index (χ4n) is 2.83. The lowest BCUT2D eigenvalue weighted by molar-refractivity contribution is -0.116. The van der Waals surface area contributed by atoms with Crippen LogP contribution in [0, 0.1) is 0 Å². The number of hydrogen-bond donors (Lipinski definition) is 1. The summed E-state index contributed by atoms with van der Waals surface area (Å²) in [6.45, 7) is 0.594. The van der Waals surface area contributed by atoms with Crippen LogP contribution < -0.4 is 10.9 Å². The van der Waals surface area contributed by atoms with Crippen LogP contribution in [-0.4, -0.2) is 32.3 Å². The minimum atomic E-state index is -0.350. The van der Waals surface area contributed by atoms with Gasteiger partial charge >= 0.3 is 0 Å². The number of hydrogen-bond acceptors (Lipinski definition) is 7. The van der Waals surface area contributed by atoms with E-state index in [-0.39, 0.29) is 24.1 Å². The van der Waals surface area contributed by atoms with Gasteiger partial charge in [-0.1, -0.05) is 41.7 Å². The highest BCUT2D eigenvalue weighted by Crippen LogP contribution is 2.31. The normalized spacial score (nSPS) is 16.4. The van der Waals surface area contributed by atoms with Crippen molar-refractivity contribution < 1.29 is 9.53 Å². The van der Waals surface area contributed by atoms with Crippen molar-refractivity contribution in [2.75, 3.05) is 11.9 Å². The summed E-state index contributed by atoms with van der Waals surface area (Å²) in [4.78, 5) is 28.5. The van der Waals surface area contributed by atoms with Crippen LogP contribution in [0.5, 0.6) is 0 Å². The van der Waals surface area contributed by atoms with Crippen molar-refractivity contribution >= 4 is 22.4 Å². The predicted molar refractivity (Wildman–Crippen MR) is 100 cm³/mol. The monoisotopic (exact) mass is 383 g/mol. The minimum Gasteiger partial charge on any atom is -0.371 e. The van der Waals surface area contributed by atoms with Gasteiger partial charge in [0.2, 0.25) is 11.0 Å². The Hall–Kier alpha value is -2.91. The molecule has 9 heteroatoms. The number of ether oxygens (including phenoxy) is 1. The van der Waals surface area contributed by atoms with E-state index >= 15 is 0 Å². The molecule has 1 aliphatic heterocycles. The first-order valence-corrected chi connectivity index (χ1v) is 9.37. The van der Waals surface area contributed by atoms with Crippen molar-refractivity contribution in [1.29, 1.82) is 0 Å². The molecule has 1 saturated heterocycles. The van der Waals surface area contributed by atoms with E-state index < -0.39 is 0 Å². The SMILES string of the molecule is O=C(Cn1cc(-c2ccccc2)ncc1=O)Nc1nnc(C2CCCO2)s1. The minimum absolute atomic E-state index is 0.0376. The highest BCUT2D eigenvalue weighted by atomic mass is 32.1. The second-order valence-electron chi connectivity index (χ2n) is 6.10. The third-order valence-electron chi connectivity index (χ3n) is 4.15. The molecule has 27 heavy (non-hydrogen) atoms. The number of nitrogens with one attached hydrogen (secondary N) is 1. The summed E-state index contributed by atoms with van der Waals surface area (Å²) >= 11 is 1.29. The molecule has 1 aromatic carbocycles. The van der Waals surface area contributed by atoms with E-state index in [1.54, 1.807) is 6.20 Å². The maximum Gasteiger partial charge on any atom is 0.269 e. The summed E-state index contributed by atoms with van der Waals surface area (Å²) in [5.74, 6) is -0.350. The zero-order valence-corrected chi connectivity index (χ0v) is 15.2. The highest BCUT2D eigenvalue weighted by Gasteiger charge is 2.22. The van der Waals surface area contributed by atoms with E-state index in [2.05, 4.69) is 20.5 Å². The Morgan fingerprint density at radius 1 is 1.30 bits per heavy atom. The van der Waals surface area contributed by atoms with Gasteiger partial charge in [0.15, 0.2) is 0 Å². The Balaban J connectivity index is 1.46. The number of carbonyl (C=O) groups excluding carboxylic acids is 1. The molecule has 1 unspecified atom stereocenters. The summed E-state index contributed by atoms with van der Waals surface area (Å²) in [6.07, 6.45) is 4.67. The van der Waals surface area contributed by atoms with Crippen LogP contribution in [0.4, 0.5) is 5.13 Å². The fraction of sp³-hybridized carbons (Fsp3) is 0.278. The molecule has 0 bridgehead atoms. The van der Waals surface area contributed by atoms with E-state index in [9.17, 15) is 9.59 Å². The molecule has 4 rings (SSSR count). The number of aromatic nitrogens is 4. The zero-order valence-electron chi connectivity index (χ0n) is 14.4. The third kappa shape index (κ3) is 4.09. The first-order valence-electron chi connectivity index (χ1n) is 8.56. The van der Waals surface area contributed by atoms with Crippen LogP contribution in [-0.2, 0) is 16.1 Å². The topological polar surface area (TPSA) is 99.0 Å². The number of nitrogens with zero attached hydrogens (tertiary/aromatic N) is 4. The molecule has 3 aromatic rings. The van der Waals surface area contributed by atoms with Crippen molar-refractivity contribution in [2.24, 2.45) is 0 Å². The molecular formula is C18H17N5O3S. The van der Waals surface area contributed by atoms with Gasteiger partial charge < -0.3 is 9.30 Å². The molecule has 0 spiro atoms. The van der Waals surface area contributed by atoms with Gasteiger partial charge in [-0.2, -0.15) is 0 Å². The Labute approximate surface area is 158 Å². The molecule has 1 aliphatic rings. The Bertz CT molecular complexity index is 995. The smallest absolute Gasteiger partial charge is 0.269 e. The van der Waals surface area contributed by atoms with E-state index in [4.69, 9.17) is 4.74 Å². The number of amides is 1. The van der Waals surface area contributed by atoms with Gasteiger partial charge in [-0.05, 0) is 12.8 Å². The van der Waals surface area contributed by atoms with Crippen LogP contribution >= 0.6 is 11.3 Å². The van der Waals surface area contributed by atoms with Gasteiger partial charge in [-0.3, -0.25) is 14.9 Å². The van der Waals surface area contributed by atoms with Crippen LogP contribution in [0.3, 0.4) is 0 Å². The molecule has 1 amide bonds. The molecular weight excluding hydrogens is 366 g/mol. The molecule has 1 atom stereocenters. The van der Waals surface area contributed by atoms with Gasteiger partial charge in [-0.25, -0.2) is 4.98 Å².